The van der Waals surface area contributed by atoms with E-state index in [0.29, 0.717) is 16.9 Å². The van der Waals surface area contributed by atoms with Crippen LogP contribution in [0.15, 0.2) is 54.9 Å². The second-order valence-electron chi connectivity index (χ2n) is 6.06. The monoisotopic (exact) mass is 349 g/mol. The number of rotatable bonds is 4. The number of nitrogens with one attached hydrogen (secondary N) is 2. The molecule has 0 saturated carbocycles. The van der Waals surface area contributed by atoms with Crippen molar-refractivity contribution in [3.8, 4) is 11.3 Å². The molecule has 2 N–H and O–H groups in total. The van der Waals surface area contributed by atoms with Crippen LogP contribution in [0.5, 0.6) is 0 Å². The lowest BCUT2D eigenvalue weighted by molar-refractivity contribution is 0.0779. The van der Waals surface area contributed by atoms with Crippen LogP contribution in [0.25, 0.3) is 22.3 Å². The first-order valence-electron chi connectivity index (χ1n) is 8.09. The SMILES string of the molecule is CN(Cc1ccccc1F)C(=O)c1cc2ccc(-c3cn[nH]c3)nc2[nH]1. The summed E-state index contributed by atoms with van der Waals surface area (Å²) in [6.07, 6.45) is 3.44. The molecule has 0 aliphatic carbocycles. The number of H-pyrrole nitrogens is 2. The maximum absolute atomic E-state index is 13.8. The lowest BCUT2D eigenvalue weighted by atomic mass is 10.2. The molecule has 0 spiro atoms. The molecular weight excluding hydrogens is 333 g/mol. The van der Waals surface area contributed by atoms with E-state index in [2.05, 4.69) is 20.2 Å². The molecule has 0 atom stereocenters. The lowest BCUT2D eigenvalue weighted by Gasteiger charge is -2.16. The largest absolute Gasteiger partial charge is 0.336 e. The van der Waals surface area contributed by atoms with Gasteiger partial charge in [-0.2, -0.15) is 5.10 Å². The molecule has 6 nitrogen and oxygen atoms in total. The van der Waals surface area contributed by atoms with Crippen LogP contribution < -0.4 is 0 Å². The Morgan fingerprint density at radius 2 is 2.08 bits per heavy atom. The highest BCUT2D eigenvalue weighted by molar-refractivity contribution is 5.97. The van der Waals surface area contributed by atoms with E-state index in [1.807, 2.05) is 12.1 Å². The number of aromatic amines is 2. The zero-order valence-electron chi connectivity index (χ0n) is 14.0. The molecule has 4 aromatic rings. The fraction of sp³-hybridized carbons (Fsp3) is 0.105. The summed E-state index contributed by atoms with van der Waals surface area (Å²) in [5, 5.41) is 7.50. The van der Waals surface area contributed by atoms with Crippen molar-refractivity contribution < 1.29 is 9.18 Å². The molecule has 0 unspecified atom stereocenters. The van der Waals surface area contributed by atoms with E-state index in [4.69, 9.17) is 0 Å². The van der Waals surface area contributed by atoms with Crippen molar-refractivity contribution in [2.45, 2.75) is 6.54 Å². The molecule has 26 heavy (non-hydrogen) atoms. The number of amides is 1. The summed E-state index contributed by atoms with van der Waals surface area (Å²) in [6, 6.07) is 12.0. The number of nitrogens with zero attached hydrogens (tertiary/aromatic N) is 3. The fourth-order valence-corrected chi connectivity index (χ4v) is 2.83. The maximum atomic E-state index is 13.8. The van der Waals surface area contributed by atoms with Crippen LogP contribution in [-0.2, 0) is 6.54 Å². The molecule has 3 aromatic heterocycles. The highest BCUT2D eigenvalue weighted by atomic mass is 19.1. The van der Waals surface area contributed by atoms with E-state index in [1.165, 1.54) is 11.0 Å². The summed E-state index contributed by atoms with van der Waals surface area (Å²) in [6.45, 7) is 0.189. The zero-order valence-corrected chi connectivity index (χ0v) is 14.0. The van der Waals surface area contributed by atoms with Gasteiger partial charge in [0.25, 0.3) is 5.91 Å². The van der Waals surface area contributed by atoms with Crippen molar-refractivity contribution >= 4 is 16.9 Å². The molecule has 0 radical (unpaired) electrons. The first-order valence-corrected chi connectivity index (χ1v) is 8.09. The number of benzene rings is 1. The van der Waals surface area contributed by atoms with Crippen LogP contribution in [0.2, 0.25) is 0 Å². The molecule has 130 valence electrons. The minimum Gasteiger partial charge on any atom is -0.336 e. The third-order valence-corrected chi connectivity index (χ3v) is 4.22. The molecule has 0 fully saturated rings. The molecule has 0 aliphatic rings. The van der Waals surface area contributed by atoms with Crippen LogP contribution in [-0.4, -0.2) is 38.0 Å². The summed E-state index contributed by atoms with van der Waals surface area (Å²) in [7, 11) is 1.64. The third kappa shape index (κ3) is 2.95. The predicted molar refractivity (Wildman–Crippen MR) is 95.9 cm³/mol. The quantitative estimate of drug-likeness (QED) is 0.593. The summed E-state index contributed by atoms with van der Waals surface area (Å²) < 4.78 is 13.8. The normalized spacial score (nSPS) is 11.0. The first kappa shape index (κ1) is 16.0. The van der Waals surface area contributed by atoms with Gasteiger partial charge in [-0.1, -0.05) is 18.2 Å². The van der Waals surface area contributed by atoms with Gasteiger partial charge in [0.1, 0.15) is 17.2 Å². The number of carbonyl (C=O) groups excluding carboxylic acids is 1. The Morgan fingerprint density at radius 1 is 1.23 bits per heavy atom. The second-order valence-corrected chi connectivity index (χ2v) is 6.06. The van der Waals surface area contributed by atoms with E-state index in [1.54, 1.807) is 43.7 Å². The van der Waals surface area contributed by atoms with Crippen molar-refractivity contribution in [2.24, 2.45) is 0 Å². The van der Waals surface area contributed by atoms with E-state index in [9.17, 15) is 9.18 Å². The Morgan fingerprint density at radius 3 is 2.85 bits per heavy atom. The molecule has 4 rings (SSSR count). The number of aromatic nitrogens is 4. The Kier molecular flexibility index (Phi) is 3.96. The molecule has 0 aliphatic heterocycles. The summed E-state index contributed by atoms with van der Waals surface area (Å²) in [4.78, 5) is 21.7. The van der Waals surface area contributed by atoms with Gasteiger partial charge in [0.05, 0.1) is 11.9 Å². The fourth-order valence-electron chi connectivity index (χ4n) is 2.83. The van der Waals surface area contributed by atoms with Crippen molar-refractivity contribution in [2.75, 3.05) is 7.05 Å². The van der Waals surface area contributed by atoms with Gasteiger partial charge >= 0.3 is 0 Å². The van der Waals surface area contributed by atoms with Gasteiger partial charge in [0, 0.05) is 36.3 Å². The van der Waals surface area contributed by atoms with Crippen molar-refractivity contribution in [3.63, 3.8) is 0 Å². The Hall–Kier alpha value is -3.48. The summed E-state index contributed by atoms with van der Waals surface area (Å²) in [5.74, 6) is -0.550. The minimum absolute atomic E-state index is 0.189. The molecule has 0 bridgehead atoms. The van der Waals surface area contributed by atoms with Gasteiger partial charge in [-0.3, -0.25) is 9.89 Å². The zero-order chi connectivity index (χ0) is 18.1. The predicted octanol–water partition coefficient (Wildman–Crippen LogP) is 3.36. The Balaban J connectivity index is 1.59. The van der Waals surface area contributed by atoms with Crippen LogP contribution >= 0.6 is 0 Å². The van der Waals surface area contributed by atoms with E-state index in [0.717, 1.165) is 16.6 Å². The van der Waals surface area contributed by atoms with Crippen LogP contribution in [0.3, 0.4) is 0 Å². The van der Waals surface area contributed by atoms with E-state index < -0.39 is 0 Å². The van der Waals surface area contributed by atoms with Gasteiger partial charge in [-0.25, -0.2) is 9.37 Å². The number of hydrogen-bond acceptors (Lipinski definition) is 3. The standard InChI is InChI=1S/C19H16FN5O/c1-25(11-13-4-2-3-5-15(13)20)19(26)17-8-12-6-7-16(23-18(12)24-17)14-9-21-22-10-14/h2-10H,11H2,1H3,(H,21,22)(H,23,24). The second kappa shape index (κ2) is 6.44. The van der Waals surface area contributed by atoms with E-state index >= 15 is 0 Å². The Labute approximate surface area is 148 Å². The highest BCUT2D eigenvalue weighted by Gasteiger charge is 2.17. The van der Waals surface area contributed by atoms with Gasteiger partial charge < -0.3 is 9.88 Å². The summed E-state index contributed by atoms with van der Waals surface area (Å²) in [5.41, 5.74) is 3.12. The highest BCUT2D eigenvalue weighted by Crippen LogP contribution is 2.21. The van der Waals surface area contributed by atoms with Crippen LogP contribution in [0.1, 0.15) is 16.1 Å². The minimum atomic E-state index is -0.324. The number of hydrogen-bond donors (Lipinski definition) is 2. The van der Waals surface area contributed by atoms with Crippen LogP contribution in [0, 0.1) is 5.82 Å². The molecule has 7 heteroatoms. The number of pyridine rings is 1. The molecule has 1 aromatic carbocycles. The van der Waals surface area contributed by atoms with Gasteiger partial charge in [0.2, 0.25) is 0 Å². The number of carbonyl (C=O) groups is 1. The van der Waals surface area contributed by atoms with Crippen molar-refractivity contribution in [3.05, 3.63) is 71.9 Å². The van der Waals surface area contributed by atoms with Crippen molar-refractivity contribution in [1.29, 1.82) is 0 Å². The summed E-state index contributed by atoms with van der Waals surface area (Å²) >= 11 is 0. The topological polar surface area (TPSA) is 77.7 Å². The van der Waals surface area contributed by atoms with Gasteiger partial charge in [0.15, 0.2) is 0 Å². The van der Waals surface area contributed by atoms with Gasteiger partial charge in [-0.05, 0) is 24.3 Å². The number of halogens is 1. The average molecular weight is 349 g/mol. The number of fused-ring (bicyclic) bond motifs is 1. The van der Waals surface area contributed by atoms with Gasteiger partial charge in [-0.15, -0.1) is 0 Å². The molecule has 3 heterocycles. The lowest BCUT2D eigenvalue weighted by Crippen LogP contribution is -2.26. The van der Waals surface area contributed by atoms with Crippen molar-refractivity contribution in [1.82, 2.24) is 25.1 Å². The average Bonchev–Trinajstić information content (AvgIpc) is 3.31. The molecule has 1 amide bonds. The molecule has 0 saturated heterocycles. The Bertz CT molecular complexity index is 1070. The maximum Gasteiger partial charge on any atom is 0.270 e. The molecular formula is C19H16FN5O. The smallest absolute Gasteiger partial charge is 0.270 e. The van der Waals surface area contributed by atoms with Crippen LogP contribution in [0.4, 0.5) is 4.39 Å². The van der Waals surface area contributed by atoms with E-state index in [-0.39, 0.29) is 18.3 Å². The first-order chi connectivity index (χ1) is 12.6. The third-order valence-electron chi connectivity index (χ3n) is 4.22.